The molecule has 2 N–H and O–H groups in total. The molecule has 0 unspecified atom stereocenters. The zero-order chi connectivity index (χ0) is 20.1. The number of para-hydroxylation sites is 1. The Morgan fingerprint density at radius 1 is 1.21 bits per heavy atom. The summed E-state index contributed by atoms with van der Waals surface area (Å²) in [5.74, 6) is 1.34. The largest absolute Gasteiger partial charge is 0.489 e. The minimum absolute atomic E-state index is 0.109. The van der Waals surface area contributed by atoms with Crippen LogP contribution >= 0.6 is 0 Å². The van der Waals surface area contributed by atoms with Crippen LogP contribution in [0.2, 0.25) is 0 Å². The first-order chi connectivity index (χ1) is 13.9. The van der Waals surface area contributed by atoms with E-state index in [0.717, 1.165) is 48.8 Å². The molecular weight excluding hydrogens is 364 g/mol. The van der Waals surface area contributed by atoms with Crippen molar-refractivity contribution in [2.75, 3.05) is 13.2 Å². The Balaban J connectivity index is 1.23. The van der Waals surface area contributed by atoms with Gasteiger partial charge in [0.2, 0.25) is 5.91 Å². The summed E-state index contributed by atoms with van der Waals surface area (Å²) in [6, 6.07) is 9.81. The second kappa shape index (κ2) is 6.69. The van der Waals surface area contributed by atoms with Gasteiger partial charge in [-0.25, -0.2) is 0 Å². The second-order valence-electron chi connectivity index (χ2n) is 9.80. The molecule has 0 radical (unpaired) electrons. The molecule has 154 valence electrons. The summed E-state index contributed by atoms with van der Waals surface area (Å²) in [5, 5.41) is 15.3. The van der Waals surface area contributed by atoms with E-state index in [0.29, 0.717) is 25.5 Å². The highest BCUT2D eigenvalue weighted by molar-refractivity contribution is 5.84. The summed E-state index contributed by atoms with van der Waals surface area (Å²) in [5.41, 5.74) is -0.0470. The molecule has 5 nitrogen and oxygen atoms in total. The molecule has 4 bridgehead atoms. The molecule has 1 aromatic carbocycles. The lowest BCUT2D eigenvalue weighted by atomic mass is 9.42. The minimum atomic E-state index is -0.641. The first-order valence-corrected chi connectivity index (χ1v) is 10.9. The number of aromatic nitrogens is 1. The Morgan fingerprint density at radius 2 is 2.07 bits per heavy atom. The maximum atomic E-state index is 13.2. The number of aliphatic hydroxyl groups is 1. The quantitative estimate of drug-likeness (QED) is 0.730. The van der Waals surface area contributed by atoms with Crippen LogP contribution in [0, 0.1) is 16.7 Å². The monoisotopic (exact) mass is 394 g/mol. The molecule has 1 heterocycles. The standard InChI is InChI=1S/C24H30N2O3/c1-2-22-11-17-12-23(14-22,16-24(28,13-17)15-22)21(27)26-9-10-29-19-7-3-5-18-6-4-8-25-20(18)19/h3-8,17,28H,2,9-16H2,1H3,(H,26,27)/t17-,22+,23-,24-/m1/s1. The first-order valence-electron chi connectivity index (χ1n) is 10.9. The van der Waals surface area contributed by atoms with Gasteiger partial charge in [0, 0.05) is 11.6 Å². The van der Waals surface area contributed by atoms with Crippen LogP contribution in [0.25, 0.3) is 10.9 Å². The second-order valence-corrected chi connectivity index (χ2v) is 9.80. The third-order valence-corrected chi connectivity index (χ3v) is 7.63. The molecule has 4 atom stereocenters. The van der Waals surface area contributed by atoms with E-state index < -0.39 is 11.0 Å². The number of nitrogens with zero attached hydrogens (tertiary/aromatic N) is 1. The van der Waals surface area contributed by atoms with E-state index in [1.165, 1.54) is 6.42 Å². The number of hydrogen-bond acceptors (Lipinski definition) is 4. The lowest BCUT2D eigenvalue weighted by Crippen LogP contribution is -2.63. The summed E-state index contributed by atoms with van der Waals surface area (Å²) in [4.78, 5) is 17.6. The number of ether oxygens (including phenoxy) is 1. The summed E-state index contributed by atoms with van der Waals surface area (Å²) < 4.78 is 5.92. The van der Waals surface area contributed by atoms with Crippen molar-refractivity contribution in [1.29, 1.82) is 0 Å². The van der Waals surface area contributed by atoms with E-state index >= 15 is 0 Å². The lowest BCUT2D eigenvalue weighted by Gasteiger charge is -2.64. The van der Waals surface area contributed by atoms with Gasteiger partial charge in [-0.3, -0.25) is 9.78 Å². The van der Waals surface area contributed by atoms with Crippen LogP contribution in [-0.2, 0) is 4.79 Å². The maximum Gasteiger partial charge on any atom is 0.226 e. The predicted molar refractivity (Wildman–Crippen MR) is 112 cm³/mol. The zero-order valence-electron chi connectivity index (χ0n) is 17.1. The highest BCUT2D eigenvalue weighted by atomic mass is 16.5. The Morgan fingerprint density at radius 3 is 2.90 bits per heavy atom. The van der Waals surface area contributed by atoms with Gasteiger partial charge in [-0.1, -0.05) is 31.5 Å². The Kier molecular flexibility index (Phi) is 4.35. The molecule has 6 rings (SSSR count). The fourth-order valence-corrected chi connectivity index (χ4v) is 6.94. The van der Waals surface area contributed by atoms with Crippen molar-refractivity contribution in [1.82, 2.24) is 10.3 Å². The molecule has 1 amide bonds. The van der Waals surface area contributed by atoms with E-state index in [1.807, 2.05) is 30.3 Å². The van der Waals surface area contributed by atoms with Crippen molar-refractivity contribution >= 4 is 16.8 Å². The van der Waals surface area contributed by atoms with E-state index in [4.69, 9.17) is 4.74 Å². The smallest absolute Gasteiger partial charge is 0.226 e. The summed E-state index contributed by atoms with van der Waals surface area (Å²) >= 11 is 0. The minimum Gasteiger partial charge on any atom is -0.489 e. The Hall–Kier alpha value is -2.14. The number of hydrogen-bond donors (Lipinski definition) is 2. The van der Waals surface area contributed by atoms with Crippen LogP contribution < -0.4 is 10.1 Å². The van der Waals surface area contributed by atoms with Crippen LogP contribution in [0.5, 0.6) is 5.75 Å². The van der Waals surface area contributed by atoms with Gasteiger partial charge in [-0.2, -0.15) is 0 Å². The fraction of sp³-hybridized carbons (Fsp3) is 0.583. The highest BCUT2D eigenvalue weighted by Crippen LogP contribution is 2.67. The van der Waals surface area contributed by atoms with Crippen molar-refractivity contribution < 1.29 is 14.6 Å². The van der Waals surface area contributed by atoms with Crippen molar-refractivity contribution in [3.8, 4) is 5.75 Å². The fourth-order valence-electron chi connectivity index (χ4n) is 6.94. The van der Waals surface area contributed by atoms with E-state index in [9.17, 15) is 9.90 Å². The van der Waals surface area contributed by atoms with Crippen molar-refractivity contribution in [2.24, 2.45) is 16.7 Å². The van der Waals surface area contributed by atoms with Gasteiger partial charge in [0.15, 0.2) is 0 Å². The van der Waals surface area contributed by atoms with Gasteiger partial charge in [-0.15, -0.1) is 0 Å². The SMILES string of the molecule is CC[C@@]12C[C@H]3C[C@@](O)(C1)C[C@@](C(=O)NCCOc1cccc4cccnc14)(C3)C2. The maximum absolute atomic E-state index is 13.2. The number of benzene rings is 1. The molecule has 4 aliphatic carbocycles. The molecule has 4 aliphatic rings. The molecule has 1 aromatic heterocycles. The van der Waals surface area contributed by atoms with E-state index in [-0.39, 0.29) is 11.3 Å². The number of fused-ring (bicyclic) bond motifs is 1. The molecule has 4 fully saturated rings. The number of amides is 1. The first kappa shape index (κ1) is 18.9. The number of carbonyl (C=O) groups is 1. The predicted octanol–water partition coefficient (Wildman–Crippen LogP) is 3.84. The van der Waals surface area contributed by atoms with E-state index in [1.54, 1.807) is 6.20 Å². The Labute approximate surface area is 171 Å². The molecule has 2 aromatic rings. The normalized spacial score (nSPS) is 35.0. The van der Waals surface area contributed by atoms with Crippen LogP contribution in [0.1, 0.15) is 51.9 Å². The molecule has 29 heavy (non-hydrogen) atoms. The molecule has 0 saturated heterocycles. The molecule has 4 saturated carbocycles. The summed E-state index contributed by atoms with van der Waals surface area (Å²) in [7, 11) is 0. The summed E-state index contributed by atoms with van der Waals surface area (Å²) in [6.07, 6.45) is 8.22. The zero-order valence-corrected chi connectivity index (χ0v) is 17.1. The lowest BCUT2D eigenvalue weighted by molar-refractivity contribution is -0.204. The van der Waals surface area contributed by atoms with Crippen LogP contribution in [0.3, 0.4) is 0 Å². The number of rotatable bonds is 6. The number of nitrogens with one attached hydrogen (secondary N) is 1. The van der Waals surface area contributed by atoms with Crippen LogP contribution in [-0.4, -0.2) is 34.8 Å². The van der Waals surface area contributed by atoms with E-state index in [2.05, 4.69) is 17.2 Å². The van der Waals surface area contributed by atoms with Crippen molar-refractivity contribution in [3.05, 3.63) is 36.5 Å². The Bertz CT molecular complexity index is 941. The van der Waals surface area contributed by atoms with Crippen molar-refractivity contribution in [2.45, 2.75) is 57.5 Å². The van der Waals surface area contributed by atoms with Gasteiger partial charge in [0.1, 0.15) is 17.9 Å². The van der Waals surface area contributed by atoms with Gasteiger partial charge in [-0.05, 0) is 62.0 Å². The van der Waals surface area contributed by atoms with Gasteiger partial charge in [0.05, 0.1) is 17.6 Å². The highest BCUT2D eigenvalue weighted by Gasteiger charge is 2.64. The average molecular weight is 395 g/mol. The molecule has 5 heteroatoms. The number of pyridine rings is 1. The molecular formula is C24H30N2O3. The van der Waals surface area contributed by atoms with Gasteiger partial charge < -0.3 is 15.2 Å². The topological polar surface area (TPSA) is 71.5 Å². The third kappa shape index (κ3) is 3.20. The van der Waals surface area contributed by atoms with Crippen LogP contribution in [0.4, 0.5) is 0 Å². The van der Waals surface area contributed by atoms with Gasteiger partial charge in [0.25, 0.3) is 0 Å². The third-order valence-electron chi connectivity index (χ3n) is 7.63. The molecule has 0 spiro atoms. The van der Waals surface area contributed by atoms with Crippen molar-refractivity contribution in [3.63, 3.8) is 0 Å². The molecule has 0 aliphatic heterocycles. The van der Waals surface area contributed by atoms with Gasteiger partial charge >= 0.3 is 0 Å². The number of carbonyl (C=O) groups excluding carboxylic acids is 1. The average Bonchev–Trinajstić information content (AvgIpc) is 2.69. The van der Waals surface area contributed by atoms with Crippen LogP contribution in [0.15, 0.2) is 36.5 Å². The summed E-state index contributed by atoms with van der Waals surface area (Å²) in [6.45, 7) is 3.09.